The van der Waals surface area contributed by atoms with Crippen molar-refractivity contribution in [2.24, 2.45) is 7.05 Å². The predicted octanol–water partition coefficient (Wildman–Crippen LogP) is 3.62. The molecular weight excluding hydrogens is 254 g/mol. The van der Waals surface area contributed by atoms with Crippen LogP contribution in [-0.4, -0.2) is 15.5 Å². The predicted molar refractivity (Wildman–Crippen MR) is 82.6 cm³/mol. The molecule has 0 atom stereocenters. The fraction of sp³-hybridized carbons (Fsp3) is 0.267. The summed E-state index contributed by atoms with van der Waals surface area (Å²) in [7, 11) is 1.96. The van der Waals surface area contributed by atoms with Crippen LogP contribution in [0.2, 0.25) is 0 Å². The van der Waals surface area contributed by atoms with Gasteiger partial charge in [0.2, 0.25) is 0 Å². The van der Waals surface area contributed by atoms with E-state index < -0.39 is 0 Å². The molecule has 4 heteroatoms. The van der Waals surface area contributed by atoms with Crippen molar-refractivity contribution in [3.05, 3.63) is 54.4 Å². The number of rotatable bonds is 6. The van der Waals surface area contributed by atoms with Crippen molar-refractivity contribution in [3.8, 4) is 0 Å². The van der Waals surface area contributed by atoms with E-state index in [1.165, 1.54) is 16.2 Å². The van der Waals surface area contributed by atoms with Crippen molar-refractivity contribution in [2.75, 3.05) is 11.1 Å². The average Bonchev–Trinajstić information content (AvgIpc) is 2.75. The number of aromatic nitrogens is 2. The van der Waals surface area contributed by atoms with Crippen LogP contribution < -0.4 is 5.32 Å². The summed E-state index contributed by atoms with van der Waals surface area (Å²) in [6, 6.07) is 8.35. The summed E-state index contributed by atoms with van der Waals surface area (Å²) in [5.41, 5.74) is 3.59. The molecule has 0 aliphatic rings. The smallest absolute Gasteiger partial charge is 0.0542 e. The number of nitrogens with one attached hydrogen (secondary N) is 1. The van der Waals surface area contributed by atoms with Gasteiger partial charge in [-0.1, -0.05) is 18.2 Å². The molecule has 2 aromatic rings. The van der Waals surface area contributed by atoms with Crippen LogP contribution >= 0.6 is 11.8 Å². The summed E-state index contributed by atoms with van der Waals surface area (Å²) in [5.74, 6) is 0.921. The van der Waals surface area contributed by atoms with Crippen molar-refractivity contribution in [1.29, 1.82) is 0 Å². The van der Waals surface area contributed by atoms with Crippen LogP contribution in [0.4, 0.5) is 5.69 Å². The van der Waals surface area contributed by atoms with Gasteiger partial charge in [0.05, 0.1) is 6.20 Å². The number of aryl methyl sites for hydroxylation is 1. The van der Waals surface area contributed by atoms with Crippen molar-refractivity contribution in [3.63, 3.8) is 0 Å². The van der Waals surface area contributed by atoms with Gasteiger partial charge in [0.25, 0.3) is 0 Å². The minimum atomic E-state index is 0.797. The molecule has 0 radical (unpaired) electrons. The lowest BCUT2D eigenvalue weighted by molar-refractivity contribution is 0.738. The topological polar surface area (TPSA) is 29.9 Å². The number of thioether (sulfide) groups is 1. The van der Waals surface area contributed by atoms with Gasteiger partial charge < -0.3 is 5.32 Å². The normalized spacial score (nSPS) is 10.4. The fourth-order valence-electron chi connectivity index (χ4n) is 1.80. The van der Waals surface area contributed by atoms with Gasteiger partial charge in [0.15, 0.2) is 0 Å². The SMILES string of the molecule is C=CCSc1ccccc1NCc1cnn(C)c1C. The van der Waals surface area contributed by atoms with E-state index in [0.717, 1.165) is 18.0 Å². The van der Waals surface area contributed by atoms with E-state index in [1.807, 2.05) is 24.0 Å². The molecule has 3 nitrogen and oxygen atoms in total. The molecule has 0 amide bonds. The molecule has 1 N–H and O–H groups in total. The van der Waals surface area contributed by atoms with Crippen LogP contribution in [0.5, 0.6) is 0 Å². The number of nitrogens with zero attached hydrogens (tertiary/aromatic N) is 2. The second-order valence-corrected chi connectivity index (χ2v) is 5.39. The van der Waals surface area contributed by atoms with E-state index in [1.54, 1.807) is 11.8 Å². The lowest BCUT2D eigenvalue weighted by Gasteiger charge is -2.10. The molecule has 0 saturated heterocycles. The largest absolute Gasteiger partial charge is 0.380 e. The lowest BCUT2D eigenvalue weighted by Crippen LogP contribution is -2.02. The molecular formula is C15H19N3S. The Kier molecular flexibility index (Phi) is 4.68. The zero-order valence-electron chi connectivity index (χ0n) is 11.4. The summed E-state index contributed by atoms with van der Waals surface area (Å²) in [4.78, 5) is 1.25. The highest BCUT2D eigenvalue weighted by atomic mass is 32.2. The van der Waals surface area contributed by atoms with Gasteiger partial charge in [-0.15, -0.1) is 18.3 Å². The van der Waals surface area contributed by atoms with E-state index in [4.69, 9.17) is 0 Å². The number of benzene rings is 1. The van der Waals surface area contributed by atoms with Gasteiger partial charge in [0, 0.05) is 41.2 Å². The quantitative estimate of drug-likeness (QED) is 0.644. The summed E-state index contributed by atoms with van der Waals surface area (Å²) >= 11 is 1.79. The molecule has 0 bridgehead atoms. The average molecular weight is 273 g/mol. The first-order valence-electron chi connectivity index (χ1n) is 6.26. The van der Waals surface area contributed by atoms with Crippen LogP contribution in [0.25, 0.3) is 0 Å². The highest BCUT2D eigenvalue weighted by Crippen LogP contribution is 2.27. The Morgan fingerprint density at radius 1 is 1.42 bits per heavy atom. The number of para-hydroxylation sites is 1. The molecule has 1 heterocycles. The first-order chi connectivity index (χ1) is 9.22. The van der Waals surface area contributed by atoms with Crippen LogP contribution in [0.1, 0.15) is 11.3 Å². The zero-order valence-corrected chi connectivity index (χ0v) is 12.2. The Morgan fingerprint density at radius 3 is 2.89 bits per heavy atom. The molecule has 0 aliphatic carbocycles. The molecule has 2 rings (SSSR count). The first-order valence-corrected chi connectivity index (χ1v) is 7.25. The van der Waals surface area contributed by atoms with Gasteiger partial charge >= 0.3 is 0 Å². The maximum absolute atomic E-state index is 4.26. The van der Waals surface area contributed by atoms with Crippen molar-refractivity contribution in [2.45, 2.75) is 18.4 Å². The number of hydrogen-bond acceptors (Lipinski definition) is 3. The highest BCUT2D eigenvalue weighted by Gasteiger charge is 2.05. The molecule has 0 saturated carbocycles. The van der Waals surface area contributed by atoms with E-state index in [2.05, 4.69) is 48.2 Å². The van der Waals surface area contributed by atoms with Crippen LogP contribution in [0.3, 0.4) is 0 Å². The van der Waals surface area contributed by atoms with Crippen molar-refractivity contribution < 1.29 is 0 Å². The molecule has 1 aromatic carbocycles. The maximum atomic E-state index is 4.26. The summed E-state index contributed by atoms with van der Waals surface area (Å²) < 4.78 is 1.90. The van der Waals surface area contributed by atoms with Gasteiger partial charge in [-0.2, -0.15) is 5.10 Å². The van der Waals surface area contributed by atoms with Gasteiger partial charge in [-0.25, -0.2) is 0 Å². The van der Waals surface area contributed by atoms with E-state index >= 15 is 0 Å². The Bertz CT molecular complexity index is 560. The Hall–Kier alpha value is -1.68. The zero-order chi connectivity index (χ0) is 13.7. The highest BCUT2D eigenvalue weighted by molar-refractivity contribution is 7.99. The Balaban J connectivity index is 2.06. The molecule has 0 unspecified atom stereocenters. The van der Waals surface area contributed by atoms with E-state index in [0.29, 0.717) is 0 Å². The van der Waals surface area contributed by atoms with E-state index in [9.17, 15) is 0 Å². The molecule has 0 fully saturated rings. The molecule has 1 aromatic heterocycles. The van der Waals surface area contributed by atoms with Gasteiger partial charge in [-0.3, -0.25) is 4.68 Å². The van der Waals surface area contributed by atoms with Crippen molar-refractivity contribution in [1.82, 2.24) is 9.78 Å². The summed E-state index contributed by atoms with van der Waals surface area (Å²) in [6.45, 7) is 6.64. The molecule has 19 heavy (non-hydrogen) atoms. The van der Waals surface area contributed by atoms with Crippen LogP contribution in [-0.2, 0) is 13.6 Å². The van der Waals surface area contributed by atoms with Crippen molar-refractivity contribution >= 4 is 17.4 Å². The third-order valence-corrected chi connectivity index (χ3v) is 4.12. The number of hydrogen-bond donors (Lipinski definition) is 1. The van der Waals surface area contributed by atoms with Gasteiger partial charge in [-0.05, 0) is 19.1 Å². The monoisotopic (exact) mass is 273 g/mol. The summed E-state index contributed by atoms with van der Waals surface area (Å²) in [6.07, 6.45) is 3.84. The Morgan fingerprint density at radius 2 is 2.21 bits per heavy atom. The third kappa shape index (κ3) is 3.41. The number of anilines is 1. The molecule has 0 aliphatic heterocycles. The van der Waals surface area contributed by atoms with E-state index in [-0.39, 0.29) is 0 Å². The minimum Gasteiger partial charge on any atom is -0.380 e. The first kappa shape index (κ1) is 13.7. The van der Waals surface area contributed by atoms with Gasteiger partial charge in [0.1, 0.15) is 0 Å². The van der Waals surface area contributed by atoms with Crippen LogP contribution in [0, 0.1) is 6.92 Å². The standard InChI is InChI=1S/C15H19N3S/c1-4-9-19-15-8-6-5-7-14(15)16-10-13-11-17-18(3)12(13)2/h4-8,11,16H,1,9-10H2,2-3H3. The lowest BCUT2D eigenvalue weighted by atomic mass is 10.2. The summed E-state index contributed by atoms with van der Waals surface area (Å²) in [5, 5.41) is 7.74. The Labute approximate surface area is 118 Å². The second kappa shape index (κ2) is 6.48. The maximum Gasteiger partial charge on any atom is 0.0542 e. The van der Waals surface area contributed by atoms with Crippen LogP contribution in [0.15, 0.2) is 48.0 Å². The second-order valence-electron chi connectivity index (χ2n) is 4.33. The molecule has 100 valence electrons. The third-order valence-electron chi connectivity index (χ3n) is 3.05. The fourth-order valence-corrected chi connectivity index (χ4v) is 2.56. The molecule has 0 spiro atoms. The minimum absolute atomic E-state index is 0.797.